The van der Waals surface area contributed by atoms with Crippen molar-refractivity contribution in [2.24, 2.45) is 10.9 Å². The van der Waals surface area contributed by atoms with Crippen molar-refractivity contribution in [3.05, 3.63) is 29.8 Å². The second-order valence-corrected chi connectivity index (χ2v) is 4.50. The molecule has 1 aromatic rings. The topological polar surface area (TPSA) is 139 Å². The summed E-state index contributed by atoms with van der Waals surface area (Å²) < 4.78 is 22.0. The van der Waals surface area contributed by atoms with Gasteiger partial charge in [0.1, 0.15) is 0 Å². The maximum absolute atomic E-state index is 11.4. The summed E-state index contributed by atoms with van der Waals surface area (Å²) >= 11 is 0. The van der Waals surface area contributed by atoms with E-state index in [1.807, 2.05) is 5.32 Å². The van der Waals surface area contributed by atoms with Crippen LogP contribution in [0.1, 0.15) is 10.4 Å². The van der Waals surface area contributed by atoms with E-state index in [1.54, 1.807) is 0 Å². The van der Waals surface area contributed by atoms with Gasteiger partial charge in [-0.05, 0) is 18.2 Å². The molecule has 1 rings (SSSR count). The molecule has 9 heteroatoms. The number of rotatable bonds is 2. The molecule has 0 bridgehead atoms. The van der Waals surface area contributed by atoms with E-state index in [0.717, 1.165) is 6.07 Å². The number of benzene rings is 1. The molecule has 0 saturated carbocycles. The number of hydrogen-bond donors (Lipinski definition) is 4. The van der Waals surface area contributed by atoms with Crippen LogP contribution < -0.4 is 16.2 Å². The Kier molecular flexibility index (Phi) is 5.08. The van der Waals surface area contributed by atoms with Crippen LogP contribution in [0.2, 0.25) is 0 Å². The molecule has 0 unspecified atom stereocenters. The molecule has 0 heterocycles. The molecular weight excluding hydrogens is 268 g/mol. The number of sulfonamides is 1. The highest BCUT2D eigenvalue weighted by atomic mass is 35.5. The van der Waals surface area contributed by atoms with E-state index in [4.69, 9.17) is 16.3 Å². The van der Waals surface area contributed by atoms with Crippen LogP contribution in [-0.2, 0) is 10.0 Å². The van der Waals surface area contributed by atoms with Crippen molar-refractivity contribution in [2.75, 3.05) is 0 Å². The van der Waals surface area contributed by atoms with Crippen LogP contribution in [0.4, 0.5) is 0 Å². The average Bonchev–Trinajstić information content (AvgIpc) is 2.15. The van der Waals surface area contributed by atoms with Crippen LogP contribution in [0.3, 0.4) is 0 Å². The van der Waals surface area contributed by atoms with Crippen molar-refractivity contribution in [3.63, 3.8) is 0 Å². The normalized spacial score (nSPS) is 10.2. The van der Waals surface area contributed by atoms with Gasteiger partial charge < -0.3 is 5.73 Å². The lowest BCUT2D eigenvalue weighted by molar-refractivity contribution is 0.0976. The van der Waals surface area contributed by atoms with E-state index in [0.29, 0.717) is 0 Å². The molecule has 0 saturated heterocycles. The molecular formula is C8H11ClN4O3S. The fourth-order valence-corrected chi connectivity index (χ4v) is 1.57. The molecule has 7 nitrogen and oxygen atoms in total. The van der Waals surface area contributed by atoms with Gasteiger partial charge in [0.05, 0.1) is 4.90 Å². The molecule has 17 heavy (non-hydrogen) atoms. The summed E-state index contributed by atoms with van der Waals surface area (Å²) in [6, 6.07) is 5.12. The lowest BCUT2D eigenvalue weighted by atomic mass is 10.2. The largest absolute Gasteiger partial charge is 0.370 e. The molecule has 0 spiro atoms. The zero-order valence-corrected chi connectivity index (χ0v) is 10.1. The standard InChI is InChI=1S/C8H10N4O3S.ClH/c9-8(10)12-7(13)5-2-1-3-6(4-5)16(11,14)15;/h1-4H,(H2,11,14,15)(H4,9,10,12,13);1H. The molecule has 0 atom stereocenters. The average molecular weight is 279 g/mol. The minimum Gasteiger partial charge on any atom is -0.370 e. The van der Waals surface area contributed by atoms with Gasteiger partial charge in [-0.25, -0.2) is 13.6 Å². The maximum atomic E-state index is 11.4. The first kappa shape index (κ1) is 15.4. The second kappa shape index (κ2) is 5.62. The number of carbonyl (C=O) groups excluding carboxylic acids is 1. The quantitative estimate of drug-likeness (QED) is 0.423. The molecule has 0 fully saturated rings. The summed E-state index contributed by atoms with van der Waals surface area (Å²) in [6.45, 7) is 0. The number of primary sulfonamides is 1. The Morgan fingerprint density at radius 3 is 2.41 bits per heavy atom. The van der Waals surface area contributed by atoms with Crippen molar-refractivity contribution in [1.29, 1.82) is 5.41 Å². The Bertz CT molecular complexity index is 543. The smallest absolute Gasteiger partial charge is 0.257 e. The molecule has 6 N–H and O–H groups in total. The maximum Gasteiger partial charge on any atom is 0.257 e. The first-order valence-corrected chi connectivity index (χ1v) is 5.63. The number of nitrogens with two attached hydrogens (primary N) is 2. The van der Waals surface area contributed by atoms with Crippen molar-refractivity contribution in [2.45, 2.75) is 4.90 Å². The monoisotopic (exact) mass is 278 g/mol. The summed E-state index contributed by atoms with van der Waals surface area (Å²) in [4.78, 5) is 11.2. The Hall–Kier alpha value is -1.64. The number of carbonyl (C=O) groups is 1. The summed E-state index contributed by atoms with van der Waals surface area (Å²) in [7, 11) is -3.85. The lowest BCUT2D eigenvalue weighted by Crippen LogP contribution is -2.35. The van der Waals surface area contributed by atoms with Gasteiger partial charge in [0.2, 0.25) is 10.0 Å². The van der Waals surface area contributed by atoms with Crippen LogP contribution in [0, 0.1) is 5.41 Å². The molecule has 0 radical (unpaired) electrons. The van der Waals surface area contributed by atoms with Crippen molar-refractivity contribution < 1.29 is 13.2 Å². The Morgan fingerprint density at radius 2 is 1.94 bits per heavy atom. The third kappa shape index (κ3) is 4.39. The highest BCUT2D eigenvalue weighted by Gasteiger charge is 2.12. The van der Waals surface area contributed by atoms with E-state index < -0.39 is 21.9 Å². The van der Waals surface area contributed by atoms with Crippen LogP contribution in [-0.4, -0.2) is 20.3 Å². The number of guanidine groups is 1. The number of halogens is 1. The van der Waals surface area contributed by atoms with Gasteiger partial charge in [-0.3, -0.25) is 15.5 Å². The SMILES string of the molecule is Cl.N=C(N)NC(=O)c1cccc(S(N)(=O)=O)c1. The van der Waals surface area contributed by atoms with Crippen molar-refractivity contribution >= 4 is 34.3 Å². The summed E-state index contributed by atoms with van der Waals surface area (Å²) in [6.07, 6.45) is 0. The third-order valence-corrected chi connectivity index (χ3v) is 2.58. The molecule has 94 valence electrons. The molecule has 0 aliphatic heterocycles. The minimum atomic E-state index is -3.85. The van der Waals surface area contributed by atoms with Crippen LogP contribution in [0.25, 0.3) is 0 Å². The fourth-order valence-electron chi connectivity index (χ4n) is 1.01. The summed E-state index contributed by atoms with van der Waals surface area (Å²) in [5, 5.41) is 13.8. The highest BCUT2D eigenvalue weighted by molar-refractivity contribution is 7.89. The van der Waals surface area contributed by atoms with Gasteiger partial charge in [0.25, 0.3) is 5.91 Å². The highest BCUT2D eigenvalue weighted by Crippen LogP contribution is 2.09. The van der Waals surface area contributed by atoms with E-state index >= 15 is 0 Å². The number of hydrogen-bond acceptors (Lipinski definition) is 4. The Labute approximate surface area is 104 Å². The van der Waals surface area contributed by atoms with E-state index in [9.17, 15) is 13.2 Å². The summed E-state index contributed by atoms with van der Waals surface area (Å²) in [5.41, 5.74) is 5.02. The first-order valence-electron chi connectivity index (χ1n) is 4.09. The molecule has 0 aromatic heterocycles. The van der Waals surface area contributed by atoms with Gasteiger partial charge in [0, 0.05) is 5.56 Å². The van der Waals surface area contributed by atoms with E-state index in [-0.39, 0.29) is 22.9 Å². The van der Waals surface area contributed by atoms with Crippen molar-refractivity contribution in [3.8, 4) is 0 Å². The predicted molar refractivity (Wildman–Crippen MR) is 64.4 cm³/mol. The summed E-state index contributed by atoms with van der Waals surface area (Å²) in [5.74, 6) is -1.19. The Morgan fingerprint density at radius 1 is 1.35 bits per heavy atom. The fraction of sp³-hybridized carbons (Fsp3) is 0. The molecule has 1 aromatic carbocycles. The zero-order valence-electron chi connectivity index (χ0n) is 8.51. The first-order chi connectivity index (χ1) is 7.30. The van der Waals surface area contributed by atoms with E-state index in [2.05, 4.69) is 0 Å². The van der Waals surface area contributed by atoms with Crippen LogP contribution in [0.15, 0.2) is 29.2 Å². The number of amides is 1. The second-order valence-electron chi connectivity index (χ2n) is 2.94. The predicted octanol–water partition coefficient (Wildman–Crippen LogP) is -0.621. The molecule has 0 aliphatic carbocycles. The lowest BCUT2D eigenvalue weighted by Gasteiger charge is -2.04. The molecule has 1 amide bonds. The van der Waals surface area contributed by atoms with Gasteiger partial charge in [-0.15, -0.1) is 12.4 Å². The van der Waals surface area contributed by atoms with Gasteiger partial charge >= 0.3 is 0 Å². The van der Waals surface area contributed by atoms with Crippen LogP contribution in [0.5, 0.6) is 0 Å². The van der Waals surface area contributed by atoms with Crippen LogP contribution >= 0.6 is 12.4 Å². The Balaban J connectivity index is 0.00000256. The van der Waals surface area contributed by atoms with Gasteiger partial charge in [-0.2, -0.15) is 0 Å². The molecule has 0 aliphatic rings. The third-order valence-electron chi connectivity index (χ3n) is 1.67. The van der Waals surface area contributed by atoms with Crippen molar-refractivity contribution in [1.82, 2.24) is 5.32 Å². The number of nitrogens with one attached hydrogen (secondary N) is 2. The van der Waals surface area contributed by atoms with E-state index in [1.165, 1.54) is 18.2 Å². The van der Waals surface area contributed by atoms with Gasteiger partial charge in [0.15, 0.2) is 5.96 Å². The minimum absolute atomic E-state index is 0. The zero-order chi connectivity index (χ0) is 12.3. The van der Waals surface area contributed by atoms with Gasteiger partial charge in [-0.1, -0.05) is 6.07 Å².